The third-order valence-electron chi connectivity index (χ3n) is 2.21. The molecule has 2 aromatic rings. The van der Waals surface area contributed by atoms with Crippen LogP contribution in [-0.2, 0) is 0 Å². The second kappa shape index (κ2) is 4.16. The van der Waals surface area contributed by atoms with Crippen LogP contribution in [0.3, 0.4) is 0 Å². The smallest absolute Gasteiger partial charge is 0.273 e. The molecule has 1 aromatic heterocycles. The molecule has 0 aliphatic carbocycles. The Morgan fingerprint density at radius 2 is 2.19 bits per heavy atom. The highest BCUT2D eigenvalue weighted by Crippen LogP contribution is 2.07. The van der Waals surface area contributed by atoms with Crippen LogP contribution in [-0.4, -0.2) is 9.78 Å². The van der Waals surface area contributed by atoms with Crippen molar-refractivity contribution in [3.63, 3.8) is 0 Å². The standard InChI is InChI=1S/C11H12N4O/c1-8-3-2-4-10(5-8)15-11(16)6-9(14-12)7-13-15/h2-7,14H,12H2,1H3. The first-order valence-corrected chi connectivity index (χ1v) is 4.84. The van der Waals surface area contributed by atoms with Crippen LogP contribution < -0.4 is 16.8 Å². The zero-order valence-electron chi connectivity index (χ0n) is 8.84. The van der Waals surface area contributed by atoms with E-state index in [2.05, 4.69) is 10.5 Å². The van der Waals surface area contributed by atoms with Crippen molar-refractivity contribution in [3.8, 4) is 5.69 Å². The fourth-order valence-electron chi connectivity index (χ4n) is 1.44. The zero-order valence-corrected chi connectivity index (χ0v) is 8.84. The van der Waals surface area contributed by atoms with E-state index in [4.69, 9.17) is 5.84 Å². The number of benzene rings is 1. The molecule has 0 aliphatic heterocycles. The quantitative estimate of drug-likeness (QED) is 0.576. The molecule has 2 rings (SSSR count). The van der Waals surface area contributed by atoms with E-state index < -0.39 is 0 Å². The number of hydrazine groups is 1. The molecule has 5 heteroatoms. The largest absolute Gasteiger partial charge is 0.322 e. The molecule has 1 heterocycles. The van der Waals surface area contributed by atoms with Gasteiger partial charge in [0.25, 0.3) is 5.56 Å². The van der Waals surface area contributed by atoms with Crippen molar-refractivity contribution in [1.29, 1.82) is 0 Å². The number of aromatic nitrogens is 2. The maximum Gasteiger partial charge on any atom is 0.273 e. The van der Waals surface area contributed by atoms with Crippen molar-refractivity contribution in [2.75, 3.05) is 5.43 Å². The summed E-state index contributed by atoms with van der Waals surface area (Å²) < 4.78 is 1.33. The van der Waals surface area contributed by atoms with Crippen LogP contribution in [0.4, 0.5) is 5.69 Å². The Hall–Kier alpha value is -2.14. The van der Waals surface area contributed by atoms with Crippen LogP contribution in [0, 0.1) is 6.92 Å². The lowest BCUT2D eigenvalue weighted by molar-refractivity contribution is 0.806. The van der Waals surface area contributed by atoms with Gasteiger partial charge in [-0.1, -0.05) is 12.1 Å². The number of hydrogen-bond donors (Lipinski definition) is 2. The highest BCUT2D eigenvalue weighted by Gasteiger charge is 2.01. The van der Waals surface area contributed by atoms with Crippen LogP contribution in [0.5, 0.6) is 0 Å². The van der Waals surface area contributed by atoms with Crippen molar-refractivity contribution in [1.82, 2.24) is 9.78 Å². The molecular formula is C11H12N4O. The Balaban J connectivity index is 2.53. The molecule has 0 aliphatic rings. The summed E-state index contributed by atoms with van der Waals surface area (Å²) in [7, 11) is 0. The van der Waals surface area contributed by atoms with Gasteiger partial charge in [0.05, 0.1) is 17.6 Å². The molecule has 0 unspecified atom stereocenters. The summed E-state index contributed by atoms with van der Waals surface area (Å²) in [5.74, 6) is 5.19. The van der Waals surface area contributed by atoms with E-state index in [1.807, 2.05) is 31.2 Å². The minimum absolute atomic E-state index is 0.221. The Labute approximate surface area is 92.5 Å². The zero-order chi connectivity index (χ0) is 11.5. The molecule has 1 aromatic carbocycles. The Morgan fingerprint density at radius 1 is 1.38 bits per heavy atom. The van der Waals surface area contributed by atoms with Crippen LogP contribution >= 0.6 is 0 Å². The SMILES string of the molecule is Cc1cccc(-n2ncc(NN)cc2=O)c1. The van der Waals surface area contributed by atoms with Crippen molar-refractivity contribution >= 4 is 5.69 Å². The third kappa shape index (κ3) is 1.94. The number of aryl methyl sites for hydroxylation is 1. The number of hydrogen-bond acceptors (Lipinski definition) is 4. The van der Waals surface area contributed by atoms with Gasteiger partial charge < -0.3 is 5.43 Å². The number of nitrogens with two attached hydrogens (primary N) is 1. The topological polar surface area (TPSA) is 72.9 Å². The summed E-state index contributed by atoms with van der Waals surface area (Å²) in [6.07, 6.45) is 1.50. The molecule has 0 saturated heterocycles. The van der Waals surface area contributed by atoms with Gasteiger partial charge in [0.2, 0.25) is 0 Å². The minimum Gasteiger partial charge on any atom is -0.322 e. The van der Waals surface area contributed by atoms with Gasteiger partial charge in [0.1, 0.15) is 0 Å². The fraction of sp³-hybridized carbons (Fsp3) is 0.0909. The van der Waals surface area contributed by atoms with E-state index in [0.717, 1.165) is 11.3 Å². The number of nitrogens with zero attached hydrogens (tertiary/aromatic N) is 2. The normalized spacial score (nSPS) is 10.1. The first kappa shape index (κ1) is 10.4. The fourth-order valence-corrected chi connectivity index (χ4v) is 1.44. The van der Waals surface area contributed by atoms with Gasteiger partial charge >= 0.3 is 0 Å². The van der Waals surface area contributed by atoms with Crippen molar-refractivity contribution in [3.05, 3.63) is 52.4 Å². The predicted octanol–water partition coefficient (Wildman–Crippen LogP) is 0.827. The van der Waals surface area contributed by atoms with Crippen LogP contribution in [0.15, 0.2) is 41.3 Å². The average Bonchev–Trinajstić information content (AvgIpc) is 2.28. The molecule has 0 amide bonds. The Bertz CT molecular complexity index is 562. The molecule has 5 nitrogen and oxygen atoms in total. The van der Waals surface area contributed by atoms with Crippen LogP contribution in [0.25, 0.3) is 5.69 Å². The lowest BCUT2D eigenvalue weighted by Crippen LogP contribution is -2.22. The maximum absolute atomic E-state index is 11.7. The number of rotatable bonds is 2. The van der Waals surface area contributed by atoms with Crippen molar-refractivity contribution in [2.24, 2.45) is 5.84 Å². The van der Waals surface area contributed by atoms with Gasteiger partial charge in [0, 0.05) is 6.07 Å². The van der Waals surface area contributed by atoms with E-state index in [1.165, 1.54) is 16.9 Å². The second-order valence-electron chi connectivity index (χ2n) is 3.48. The van der Waals surface area contributed by atoms with Gasteiger partial charge in [-0.2, -0.15) is 9.78 Å². The van der Waals surface area contributed by atoms with Crippen molar-refractivity contribution in [2.45, 2.75) is 6.92 Å². The number of anilines is 1. The summed E-state index contributed by atoms with van der Waals surface area (Å²) in [6.45, 7) is 1.96. The first-order valence-electron chi connectivity index (χ1n) is 4.84. The molecule has 0 atom stereocenters. The van der Waals surface area contributed by atoms with Gasteiger partial charge in [0.15, 0.2) is 0 Å². The summed E-state index contributed by atoms with van der Waals surface area (Å²) >= 11 is 0. The monoisotopic (exact) mass is 216 g/mol. The van der Waals surface area contributed by atoms with E-state index in [-0.39, 0.29) is 5.56 Å². The van der Waals surface area contributed by atoms with Gasteiger partial charge in [-0.3, -0.25) is 10.6 Å². The lowest BCUT2D eigenvalue weighted by Gasteiger charge is -2.05. The average molecular weight is 216 g/mol. The Morgan fingerprint density at radius 3 is 2.81 bits per heavy atom. The second-order valence-corrected chi connectivity index (χ2v) is 3.48. The first-order chi connectivity index (χ1) is 7.70. The van der Waals surface area contributed by atoms with E-state index >= 15 is 0 Å². The minimum atomic E-state index is -0.221. The summed E-state index contributed by atoms with van der Waals surface area (Å²) in [5, 5.41) is 4.02. The van der Waals surface area contributed by atoms with Crippen LogP contribution in [0.1, 0.15) is 5.56 Å². The Kier molecular flexibility index (Phi) is 2.70. The summed E-state index contributed by atoms with van der Waals surface area (Å²) in [4.78, 5) is 11.7. The van der Waals surface area contributed by atoms with E-state index in [1.54, 1.807) is 0 Å². The van der Waals surface area contributed by atoms with E-state index in [0.29, 0.717) is 5.69 Å². The summed E-state index contributed by atoms with van der Waals surface area (Å²) in [6, 6.07) is 8.97. The summed E-state index contributed by atoms with van der Waals surface area (Å²) in [5.41, 5.74) is 4.48. The molecule has 82 valence electrons. The molecule has 16 heavy (non-hydrogen) atoms. The third-order valence-corrected chi connectivity index (χ3v) is 2.21. The lowest BCUT2D eigenvalue weighted by atomic mass is 10.2. The molecule has 0 radical (unpaired) electrons. The van der Waals surface area contributed by atoms with Crippen LogP contribution in [0.2, 0.25) is 0 Å². The van der Waals surface area contributed by atoms with Crippen molar-refractivity contribution < 1.29 is 0 Å². The van der Waals surface area contributed by atoms with Gasteiger partial charge in [-0.15, -0.1) is 0 Å². The predicted molar refractivity (Wildman–Crippen MR) is 62.4 cm³/mol. The highest BCUT2D eigenvalue weighted by molar-refractivity contribution is 5.40. The highest BCUT2D eigenvalue weighted by atomic mass is 16.1. The van der Waals surface area contributed by atoms with Gasteiger partial charge in [-0.05, 0) is 24.6 Å². The molecule has 0 saturated carbocycles. The van der Waals surface area contributed by atoms with E-state index in [9.17, 15) is 4.79 Å². The molecule has 3 N–H and O–H groups in total. The number of nitrogen functional groups attached to an aromatic ring is 1. The number of nitrogens with one attached hydrogen (secondary N) is 1. The maximum atomic E-state index is 11.7. The molecule has 0 spiro atoms. The molecular weight excluding hydrogens is 204 g/mol. The molecule has 0 bridgehead atoms. The molecule has 0 fully saturated rings. The van der Waals surface area contributed by atoms with Gasteiger partial charge in [-0.25, -0.2) is 0 Å².